The molecular weight excluding hydrogens is 515 g/mol. The van der Waals surface area contributed by atoms with Gasteiger partial charge in [0.15, 0.2) is 11.6 Å². The van der Waals surface area contributed by atoms with Crippen LogP contribution >= 0.6 is 0 Å². The van der Waals surface area contributed by atoms with Crippen LogP contribution in [0.15, 0.2) is 66.0 Å². The number of aromatic nitrogens is 3. The van der Waals surface area contributed by atoms with Gasteiger partial charge in [0, 0.05) is 37.2 Å². The SMILES string of the molecule is COc1cc(OC)c(F)c(N(CCO[Si-](C)(C)C(C)(C)C)c2ccc3ncn(-c4cccnc4)c(=O)c3c2)c1. The summed E-state index contributed by atoms with van der Waals surface area (Å²) in [6, 6.07) is 12.0. The third kappa shape index (κ3) is 5.81. The summed E-state index contributed by atoms with van der Waals surface area (Å²) in [6.45, 7) is 11.6. The molecule has 8 nitrogen and oxygen atoms in total. The standard InChI is InChI=1S/C29H35FN4O4Si/c1-29(2,3)39(6,7)38-14-13-33(25-16-22(36-4)17-26(37-5)27(25)30)20-10-11-24-23(15-20)28(35)34(19-32-24)21-9-8-12-31-18-21/h8-12,15-19H,13-14H2,1-7H3/q-1. The minimum absolute atomic E-state index is 0.0221. The Morgan fingerprint density at radius 2 is 1.85 bits per heavy atom. The minimum Gasteiger partial charge on any atom is -0.563 e. The molecule has 207 valence electrons. The van der Waals surface area contributed by atoms with Gasteiger partial charge in [-0.25, -0.2) is 9.37 Å². The molecule has 0 saturated heterocycles. The molecule has 0 N–H and O–H groups in total. The normalized spacial score (nSPS) is 12.0. The molecule has 0 bridgehead atoms. The first-order valence-corrected chi connectivity index (χ1v) is 15.6. The number of rotatable bonds is 9. The molecule has 0 aliphatic rings. The van der Waals surface area contributed by atoms with E-state index in [9.17, 15) is 4.79 Å². The van der Waals surface area contributed by atoms with E-state index in [0.29, 0.717) is 41.2 Å². The lowest BCUT2D eigenvalue weighted by molar-refractivity contribution is 0.296. The summed E-state index contributed by atoms with van der Waals surface area (Å²) in [6.07, 6.45) is 4.72. The average molecular weight is 551 g/mol. The maximum absolute atomic E-state index is 15.7. The topological polar surface area (TPSA) is 78.7 Å². The van der Waals surface area contributed by atoms with Crippen LogP contribution in [0, 0.1) is 5.82 Å². The molecule has 0 spiro atoms. The quantitative estimate of drug-likeness (QED) is 0.233. The lowest BCUT2D eigenvalue weighted by atomic mass is 10.1. The number of hydrogen-bond acceptors (Lipinski definition) is 7. The van der Waals surface area contributed by atoms with E-state index in [1.165, 1.54) is 31.2 Å². The van der Waals surface area contributed by atoms with Crippen molar-refractivity contribution >= 4 is 30.6 Å². The van der Waals surface area contributed by atoms with Crippen molar-refractivity contribution in [3.05, 3.63) is 77.4 Å². The summed E-state index contributed by atoms with van der Waals surface area (Å²) in [5, 5.41) is 0.415. The number of ether oxygens (including phenoxy) is 2. The molecule has 39 heavy (non-hydrogen) atoms. The van der Waals surface area contributed by atoms with Gasteiger partial charge in [0.25, 0.3) is 5.56 Å². The lowest BCUT2D eigenvalue weighted by Crippen LogP contribution is -2.42. The first-order valence-electron chi connectivity index (χ1n) is 12.7. The van der Waals surface area contributed by atoms with E-state index in [1.54, 1.807) is 47.6 Å². The molecule has 0 atom stereocenters. The molecule has 0 aliphatic carbocycles. The van der Waals surface area contributed by atoms with Crippen LogP contribution < -0.4 is 19.9 Å². The van der Waals surface area contributed by atoms with Crippen molar-refractivity contribution < 1.29 is 18.3 Å². The van der Waals surface area contributed by atoms with E-state index < -0.39 is 14.1 Å². The monoisotopic (exact) mass is 550 g/mol. The first-order chi connectivity index (χ1) is 18.5. The van der Waals surface area contributed by atoms with Gasteiger partial charge in [0.05, 0.1) is 42.7 Å². The number of pyridine rings is 1. The predicted molar refractivity (Wildman–Crippen MR) is 155 cm³/mol. The number of nitrogens with zero attached hydrogens (tertiary/aromatic N) is 4. The maximum Gasteiger partial charge on any atom is 0.265 e. The molecule has 2 aromatic carbocycles. The fourth-order valence-electron chi connectivity index (χ4n) is 3.98. The number of halogens is 1. The first kappa shape index (κ1) is 28.3. The number of methoxy groups -OCH3 is 2. The average Bonchev–Trinajstić information content (AvgIpc) is 2.91. The van der Waals surface area contributed by atoms with E-state index in [2.05, 4.69) is 43.8 Å². The molecule has 4 rings (SSSR count). The lowest BCUT2D eigenvalue weighted by Gasteiger charge is -2.48. The molecule has 10 heteroatoms. The van der Waals surface area contributed by atoms with E-state index in [1.807, 2.05) is 6.07 Å². The predicted octanol–water partition coefficient (Wildman–Crippen LogP) is 6.10. The Bertz CT molecular complexity index is 1520. The van der Waals surface area contributed by atoms with Crippen molar-refractivity contribution in [2.45, 2.75) is 38.9 Å². The molecule has 2 aromatic heterocycles. The summed E-state index contributed by atoms with van der Waals surface area (Å²) in [7, 11) is 0.870. The Morgan fingerprint density at radius 3 is 2.49 bits per heavy atom. The number of fused-ring (bicyclic) bond motifs is 1. The van der Waals surface area contributed by atoms with Gasteiger partial charge in [-0.1, -0.05) is 20.8 Å². The van der Waals surface area contributed by atoms with E-state index in [0.717, 1.165) is 0 Å². The highest BCUT2D eigenvalue weighted by Gasteiger charge is 2.26. The van der Waals surface area contributed by atoms with Crippen molar-refractivity contribution in [2.75, 3.05) is 32.3 Å². The van der Waals surface area contributed by atoms with Crippen LogP contribution in [0.4, 0.5) is 15.8 Å². The number of benzene rings is 2. The molecule has 0 amide bonds. The highest BCUT2D eigenvalue weighted by Crippen LogP contribution is 2.39. The van der Waals surface area contributed by atoms with Crippen LogP contribution in [0.25, 0.3) is 16.6 Å². The molecule has 0 fully saturated rings. The van der Waals surface area contributed by atoms with Crippen molar-refractivity contribution in [1.82, 2.24) is 14.5 Å². The summed E-state index contributed by atoms with van der Waals surface area (Å²) >= 11 is 0. The molecular formula is C29H35FN4O4Si-. The van der Waals surface area contributed by atoms with Gasteiger partial charge in [-0.05, 0) is 38.6 Å². The molecule has 0 radical (unpaired) electrons. The van der Waals surface area contributed by atoms with Gasteiger partial charge < -0.3 is 18.8 Å². The largest absolute Gasteiger partial charge is 0.563 e. The maximum atomic E-state index is 15.7. The second-order valence-electron chi connectivity index (χ2n) is 10.8. The summed E-state index contributed by atoms with van der Waals surface area (Å²) < 4.78 is 34.3. The Kier molecular flexibility index (Phi) is 8.08. The summed E-state index contributed by atoms with van der Waals surface area (Å²) in [5.74, 6) is -0.0364. The Morgan fingerprint density at radius 1 is 1.08 bits per heavy atom. The highest BCUT2D eigenvalue weighted by molar-refractivity contribution is 6.74. The Labute approximate surface area is 229 Å². The van der Waals surface area contributed by atoms with Gasteiger partial charge in [-0.15, -0.1) is 18.1 Å². The van der Waals surface area contributed by atoms with E-state index >= 15 is 4.39 Å². The smallest absolute Gasteiger partial charge is 0.265 e. The van der Waals surface area contributed by atoms with E-state index in [4.69, 9.17) is 13.9 Å². The zero-order valence-corrected chi connectivity index (χ0v) is 24.5. The fraction of sp³-hybridized carbons (Fsp3) is 0.345. The van der Waals surface area contributed by atoms with Gasteiger partial charge in [0.2, 0.25) is 0 Å². The van der Waals surface area contributed by atoms with Crippen LogP contribution in [0.1, 0.15) is 20.8 Å². The van der Waals surface area contributed by atoms with Crippen LogP contribution in [0.5, 0.6) is 11.5 Å². The van der Waals surface area contributed by atoms with Gasteiger partial charge in [-0.2, -0.15) is 0 Å². The molecule has 0 saturated carbocycles. The zero-order chi connectivity index (χ0) is 28.4. The van der Waals surface area contributed by atoms with Gasteiger partial charge in [0.1, 0.15) is 12.1 Å². The third-order valence-electron chi connectivity index (χ3n) is 7.30. The highest BCUT2D eigenvalue weighted by atomic mass is 28.4. The fourth-order valence-corrected chi connectivity index (χ4v) is 5.01. The van der Waals surface area contributed by atoms with Crippen molar-refractivity contribution in [2.24, 2.45) is 0 Å². The Balaban J connectivity index is 1.83. The van der Waals surface area contributed by atoms with Gasteiger partial charge >= 0.3 is 0 Å². The molecule has 0 unspecified atom stereocenters. The summed E-state index contributed by atoms with van der Waals surface area (Å²) in [4.78, 5) is 23.9. The van der Waals surface area contributed by atoms with Crippen LogP contribution in [-0.4, -0.2) is 50.2 Å². The van der Waals surface area contributed by atoms with Crippen molar-refractivity contribution in [3.8, 4) is 17.2 Å². The van der Waals surface area contributed by atoms with Crippen LogP contribution in [-0.2, 0) is 4.43 Å². The third-order valence-corrected chi connectivity index (χ3v) is 11.8. The molecule has 4 aromatic rings. The van der Waals surface area contributed by atoms with Gasteiger partial charge in [-0.3, -0.25) is 14.3 Å². The van der Waals surface area contributed by atoms with Crippen molar-refractivity contribution in [1.29, 1.82) is 0 Å². The molecule has 2 heterocycles. The molecule has 0 aliphatic heterocycles. The zero-order valence-electron chi connectivity index (χ0n) is 23.5. The van der Waals surface area contributed by atoms with E-state index in [-0.39, 0.29) is 22.0 Å². The van der Waals surface area contributed by atoms with Crippen molar-refractivity contribution in [3.63, 3.8) is 0 Å². The second kappa shape index (κ2) is 11.2. The summed E-state index contributed by atoms with van der Waals surface area (Å²) in [5.41, 5.74) is 1.74. The minimum atomic E-state index is -2.06. The Hall–Kier alpha value is -3.76. The number of hydrogen-bond donors (Lipinski definition) is 0. The second-order valence-corrected chi connectivity index (χ2v) is 15.6. The van der Waals surface area contributed by atoms with Crippen LogP contribution in [0.3, 0.4) is 0 Å². The number of anilines is 2. The van der Waals surface area contributed by atoms with Crippen LogP contribution in [0.2, 0.25) is 18.1 Å².